The lowest BCUT2D eigenvalue weighted by atomic mass is 9.98. The quantitative estimate of drug-likeness (QED) is 0.138. The molecule has 1 aliphatic rings. The highest BCUT2D eigenvalue weighted by atomic mass is 35.5. The second kappa shape index (κ2) is 12.6. The van der Waals surface area contributed by atoms with Crippen LogP contribution in [0, 0.1) is 12.7 Å². The van der Waals surface area contributed by atoms with Gasteiger partial charge in [0.1, 0.15) is 17.3 Å². The first-order valence-corrected chi connectivity index (χ1v) is 15.7. The molecule has 6 rings (SSSR count). The molecule has 0 aliphatic carbocycles. The third-order valence-corrected chi connectivity index (χ3v) is 8.94. The van der Waals surface area contributed by atoms with E-state index >= 15 is 0 Å². The Morgan fingerprint density at radius 3 is 2.66 bits per heavy atom. The van der Waals surface area contributed by atoms with E-state index < -0.39 is 0 Å². The normalized spacial score (nSPS) is 14.0. The van der Waals surface area contributed by atoms with Gasteiger partial charge >= 0.3 is 5.97 Å². The molecule has 0 N–H and O–H groups in total. The third-order valence-electron chi connectivity index (χ3n) is 8.63. The average Bonchev–Trinajstić information content (AvgIpc) is 3.44. The highest BCUT2D eigenvalue weighted by Gasteiger charge is 2.29. The summed E-state index contributed by atoms with van der Waals surface area (Å²) in [7, 11) is 4.08. The fraction of sp³-hybridized carbons (Fsp3) is 0.371. The van der Waals surface area contributed by atoms with Gasteiger partial charge in [-0.15, -0.1) is 0 Å². The summed E-state index contributed by atoms with van der Waals surface area (Å²) in [5.41, 5.74) is 6.41. The smallest absolute Gasteiger partial charge is 0.355 e. The van der Waals surface area contributed by atoms with Crippen LogP contribution in [0.15, 0.2) is 48.5 Å². The maximum atomic E-state index is 13.8. The second-order valence-electron chi connectivity index (χ2n) is 11.6. The van der Waals surface area contributed by atoms with Crippen LogP contribution in [0.1, 0.15) is 53.6 Å². The van der Waals surface area contributed by atoms with Gasteiger partial charge in [-0.25, -0.2) is 9.18 Å². The standard InChI is InChI=1S/C35H38ClFN4O3/c1-5-43-35(42)34-26(11-9-19-44-30-12-8-10-23-20-24(37)13-14-25(23)30)27-15-16-28(36)32-31-22(2)40(4)38-29(31)21-39(3)17-6-7-18-41(34)33(27)32/h8,10,12-16,20H,5-7,9,11,17-19,21H2,1-4H3. The van der Waals surface area contributed by atoms with Crippen LogP contribution in [0.3, 0.4) is 0 Å². The number of nitrogens with zero attached hydrogens (tertiary/aromatic N) is 4. The van der Waals surface area contributed by atoms with Crippen molar-refractivity contribution in [2.24, 2.45) is 7.05 Å². The average molecular weight is 617 g/mol. The molecule has 2 aromatic heterocycles. The van der Waals surface area contributed by atoms with Crippen molar-refractivity contribution in [1.82, 2.24) is 19.2 Å². The first-order chi connectivity index (χ1) is 21.3. The minimum absolute atomic E-state index is 0.274. The summed E-state index contributed by atoms with van der Waals surface area (Å²) >= 11 is 7.05. The lowest BCUT2D eigenvalue weighted by molar-refractivity contribution is 0.0512. The lowest BCUT2D eigenvalue weighted by Crippen LogP contribution is -2.20. The summed E-state index contributed by atoms with van der Waals surface area (Å²) in [6, 6.07) is 14.3. The number of hydrogen-bond acceptors (Lipinski definition) is 5. The Balaban J connectivity index is 1.44. The fourth-order valence-corrected chi connectivity index (χ4v) is 6.77. The zero-order chi connectivity index (χ0) is 31.0. The molecule has 44 heavy (non-hydrogen) atoms. The van der Waals surface area contributed by atoms with Gasteiger partial charge < -0.3 is 18.9 Å². The zero-order valence-electron chi connectivity index (χ0n) is 25.8. The summed E-state index contributed by atoms with van der Waals surface area (Å²) in [6.07, 6.45) is 3.16. The van der Waals surface area contributed by atoms with Crippen molar-refractivity contribution in [2.45, 2.75) is 52.6 Å². The summed E-state index contributed by atoms with van der Waals surface area (Å²) in [4.78, 5) is 16.0. The number of esters is 1. The number of aryl methyl sites for hydroxylation is 3. The molecule has 3 heterocycles. The van der Waals surface area contributed by atoms with Gasteiger partial charge in [-0.3, -0.25) is 4.68 Å². The van der Waals surface area contributed by atoms with E-state index in [0.29, 0.717) is 49.0 Å². The van der Waals surface area contributed by atoms with Crippen molar-refractivity contribution >= 4 is 39.2 Å². The molecule has 0 unspecified atom stereocenters. The summed E-state index contributed by atoms with van der Waals surface area (Å²) < 4.78 is 29.7. The molecule has 0 spiro atoms. The number of carbonyl (C=O) groups is 1. The Morgan fingerprint density at radius 1 is 1.05 bits per heavy atom. The van der Waals surface area contributed by atoms with Gasteiger partial charge in [0, 0.05) is 47.7 Å². The molecule has 9 heteroatoms. The molecule has 0 bridgehead atoms. The van der Waals surface area contributed by atoms with E-state index in [9.17, 15) is 9.18 Å². The van der Waals surface area contributed by atoms with Gasteiger partial charge in [-0.05, 0) is 94.4 Å². The highest BCUT2D eigenvalue weighted by molar-refractivity contribution is 6.35. The monoisotopic (exact) mass is 616 g/mol. The Hall–Kier alpha value is -3.88. The van der Waals surface area contributed by atoms with E-state index in [2.05, 4.69) is 23.4 Å². The molecular formula is C35H38ClFN4O3. The number of benzene rings is 3. The number of fused-ring (bicyclic) bond motifs is 3. The van der Waals surface area contributed by atoms with Crippen molar-refractivity contribution in [3.63, 3.8) is 0 Å². The van der Waals surface area contributed by atoms with Gasteiger partial charge in [0.2, 0.25) is 0 Å². The molecule has 0 atom stereocenters. The highest BCUT2D eigenvalue weighted by Crippen LogP contribution is 2.43. The maximum absolute atomic E-state index is 13.8. The van der Waals surface area contributed by atoms with Crippen molar-refractivity contribution < 1.29 is 18.7 Å². The fourth-order valence-electron chi connectivity index (χ4n) is 6.52. The molecular weight excluding hydrogens is 579 g/mol. The molecule has 7 nitrogen and oxygen atoms in total. The minimum Gasteiger partial charge on any atom is -0.493 e. The zero-order valence-corrected chi connectivity index (χ0v) is 26.5. The first-order valence-electron chi connectivity index (χ1n) is 15.3. The van der Waals surface area contributed by atoms with Gasteiger partial charge in [-0.2, -0.15) is 5.10 Å². The number of halogens is 2. The van der Waals surface area contributed by atoms with Crippen molar-refractivity contribution in [2.75, 3.05) is 26.8 Å². The number of aromatic nitrogens is 3. The van der Waals surface area contributed by atoms with Crippen LogP contribution >= 0.6 is 11.6 Å². The lowest BCUT2D eigenvalue weighted by Gasteiger charge is -2.16. The minimum atomic E-state index is -0.326. The van der Waals surface area contributed by atoms with Gasteiger partial charge in [0.25, 0.3) is 0 Å². The van der Waals surface area contributed by atoms with Crippen molar-refractivity contribution in [3.05, 3.63) is 82.0 Å². The Labute approximate surface area is 262 Å². The van der Waals surface area contributed by atoms with Gasteiger partial charge in [0.05, 0.1) is 29.4 Å². The van der Waals surface area contributed by atoms with Crippen LogP contribution in [0.5, 0.6) is 5.75 Å². The van der Waals surface area contributed by atoms with Crippen LogP contribution in [0.25, 0.3) is 32.8 Å². The van der Waals surface area contributed by atoms with Crippen LogP contribution < -0.4 is 4.74 Å². The molecule has 0 radical (unpaired) electrons. The second-order valence-corrected chi connectivity index (χ2v) is 12.0. The van der Waals surface area contributed by atoms with Crippen LogP contribution in [-0.4, -0.2) is 52.0 Å². The molecule has 0 saturated carbocycles. The Morgan fingerprint density at radius 2 is 1.84 bits per heavy atom. The van der Waals surface area contributed by atoms with E-state index in [1.165, 1.54) is 12.1 Å². The van der Waals surface area contributed by atoms with E-state index in [4.69, 9.17) is 26.2 Å². The number of hydrogen-bond donors (Lipinski definition) is 0. The van der Waals surface area contributed by atoms with E-state index in [-0.39, 0.29) is 18.4 Å². The first kappa shape index (κ1) is 30.2. The summed E-state index contributed by atoms with van der Waals surface area (Å²) in [5, 5.41) is 8.19. The molecule has 0 fully saturated rings. The Bertz CT molecular complexity index is 1860. The molecule has 0 amide bonds. The molecule has 5 aromatic rings. The SMILES string of the molecule is CCOC(=O)c1c(CCCOc2cccc3cc(F)ccc23)c2ccc(Cl)c3c2n1CCCCN(C)Cc1nn(C)c(C)c1-3. The predicted octanol–water partition coefficient (Wildman–Crippen LogP) is 7.71. The number of rotatable bonds is 7. The summed E-state index contributed by atoms with van der Waals surface area (Å²) in [5.74, 6) is 0.111. The van der Waals surface area contributed by atoms with Crippen LogP contribution in [0.4, 0.5) is 4.39 Å². The predicted molar refractivity (Wildman–Crippen MR) is 173 cm³/mol. The van der Waals surface area contributed by atoms with Crippen molar-refractivity contribution in [1.29, 1.82) is 0 Å². The third kappa shape index (κ3) is 5.57. The van der Waals surface area contributed by atoms with Gasteiger partial charge in [0.15, 0.2) is 0 Å². The molecule has 230 valence electrons. The molecule has 1 aliphatic heterocycles. The number of ether oxygens (including phenoxy) is 2. The topological polar surface area (TPSA) is 61.5 Å². The van der Waals surface area contributed by atoms with Gasteiger partial charge in [-0.1, -0.05) is 29.8 Å². The Kier molecular flexibility index (Phi) is 8.65. The van der Waals surface area contributed by atoms with E-state index in [1.807, 2.05) is 49.0 Å². The number of carbonyl (C=O) groups excluding carboxylic acids is 1. The van der Waals surface area contributed by atoms with E-state index in [1.54, 1.807) is 6.07 Å². The van der Waals surface area contributed by atoms with Crippen LogP contribution in [-0.2, 0) is 31.3 Å². The molecule has 0 saturated heterocycles. The van der Waals surface area contributed by atoms with Crippen LogP contribution in [0.2, 0.25) is 5.02 Å². The summed E-state index contributed by atoms with van der Waals surface area (Å²) in [6.45, 7) is 6.92. The van der Waals surface area contributed by atoms with Crippen molar-refractivity contribution in [3.8, 4) is 16.9 Å². The molecule has 3 aromatic carbocycles. The van der Waals surface area contributed by atoms with E-state index in [0.717, 1.165) is 69.1 Å². The largest absolute Gasteiger partial charge is 0.493 e. The maximum Gasteiger partial charge on any atom is 0.355 e.